The SMILES string of the molecule is COc1ccc(CN2CCN(C3CC4(CCN(c5ccc(C(=O)NS(=O)(=O)c6ccc(NC[C@H]7CC[C@](C)(O)CC7)c([N+](=O)[O-])c6)c(Oc6ccc7sccc7c6)c5)CC4)C3)C(c3ccccc3C(C)C)C2)cc1. The number of piperazine rings is 1. The maximum absolute atomic E-state index is 14.1. The highest BCUT2D eigenvalue weighted by Gasteiger charge is 2.50. The van der Waals surface area contributed by atoms with Crippen molar-refractivity contribution in [2.45, 2.75) is 107 Å². The van der Waals surface area contributed by atoms with Crippen LogP contribution in [0.2, 0.25) is 0 Å². The lowest BCUT2D eigenvalue weighted by Crippen LogP contribution is -2.60. The topological polar surface area (TPSA) is 167 Å². The number of hydrogen-bond acceptors (Lipinski definition) is 13. The lowest BCUT2D eigenvalue weighted by molar-refractivity contribution is -0.384. The molecule has 6 aromatic rings. The van der Waals surface area contributed by atoms with Crippen LogP contribution >= 0.6 is 11.3 Å². The summed E-state index contributed by atoms with van der Waals surface area (Å²) in [5.74, 6) is 1.27. The molecule has 2 aliphatic heterocycles. The van der Waals surface area contributed by atoms with E-state index in [1.807, 2.05) is 60.8 Å². The Bertz CT molecular complexity index is 3100. The molecule has 1 amide bonds. The van der Waals surface area contributed by atoms with Crippen molar-refractivity contribution in [3.63, 3.8) is 0 Å². The van der Waals surface area contributed by atoms with Crippen molar-refractivity contribution >= 4 is 54.4 Å². The minimum Gasteiger partial charge on any atom is -0.497 e. The van der Waals surface area contributed by atoms with E-state index in [1.165, 1.54) is 28.8 Å². The van der Waals surface area contributed by atoms with Crippen molar-refractivity contribution < 1.29 is 32.7 Å². The summed E-state index contributed by atoms with van der Waals surface area (Å²) in [7, 11) is -2.87. The Kier molecular flexibility index (Phi) is 14.8. The van der Waals surface area contributed by atoms with Gasteiger partial charge in [-0.25, -0.2) is 13.1 Å². The summed E-state index contributed by atoms with van der Waals surface area (Å²) in [6, 6.07) is 34.8. The molecule has 2 aliphatic carbocycles. The summed E-state index contributed by atoms with van der Waals surface area (Å²) in [5.41, 5.74) is 4.33. The zero-order valence-electron chi connectivity index (χ0n) is 42.8. The molecule has 16 heteroatoms. The molecule has 1 spiro atoms. The number of fused-ring (bicyclic) bond motifs is 1. The summed E-state index contributed by atoms with van der Waals surface area (Å²) in [6.45, 7) is 12.4. The number of carbonyl (C=O) groups excluding carboxylic acids is 1. The van der Waals surface area contributed by atoms with E-state index in [9.17, 15) is 28.4 Å². The highest BCUT2D eigenvalue weighted by atomic mass is 32.2. The van der Waals surface area contributed by atoms with Crippen LogP contribution in [0.5, 0.6) is 17.2 Å². The first kappa shape index (κ1) is 51.4. The number of nitro groups is 1. The summed E-state index contributed by atoms with van der Waals surface area (Å²) in [5, 5.41) is 28.7. The number of methoxy groups -OCH3 is 1. The number of sulfonamides is 1. The van der Waals surface area contributed by atoms with E-state index >= 15 is 0 Å². The van der Waals surface area contributed by atoms with E-state index in [0.717, 1.165) is 105 Å². The number of rotatable bonds is 16. The van der Waals surface area contributed by atoms with Crippen molar-refractivity contribution in [2.24, 2.45) is 11.3 Å². The van der Waals surface area contributed by atoms with Gasteiger partial charge >= 0.3 is 0 Å². The Morgan fingerprint density at radius 2 is 1.64 bits per heavy atom. The van der Waals surface area contributed by atoms with Gasteiger partial charge in [0.1, 0.15) is 22.9 Å². The van der Waals surface area contributed by atoms with Gasteiger partial charge in [-0.15, -0.1) is 11.3 Å². The van der Waals surface area contributed by atoms with E-state index in [0.29, 0.717) is 43.1 Å². The summed E-state index contributed by atoms with van der Waals surface area (Å²) >= 11 is 1.61. The molecule has 1 unspecified atom stereocenters. The van der Waals surface area contributed by atoms with Crippen LogP contribution in [0.4, 0.5) is 17.1 Å². The van der Waals surface area contributed by atoms with Crippen LogP contribution < -0.4 is 24.4 Å². The average molecular weight is 1040 g/mol. The molecule has 2 saturated heterocycles. The number of amides is 1. The first-order valence-electron chi connectivity index (χ1n) is 26.1. The maximum Gasteiger partial charge on any atom is 0.293 e. The Labute approximate surface area is 438 Å². The lowest BCUT2D eigenvalue weighted by Gasteiger charge is -2.58. The van der Waals surface area contributed by atoms with Gasteiger partial charge in [-0.2, -0.15) is 0 Å². The van der Waals surface area contributed by atoms with Gasteiger partial charge in [0.2, 0.25) is 0 Å². The number of nitro benzene ring substituents is 1. The fourth-order valence-corrected chi connectivity index (χ4v) is 13.7. The van der Waals surface area contributed by atoms with Crippen molar-refractivity contribution in [1.29, 1.82) is 0 Å². The summed E-state index contributed by atoms with van der Waals surface area (Å²) in [4.78, 5) is 33.1. The summed E-state index contributed by atoms with van der Waals surface area (Å²) in [6.07, 6.45) is 7.18. The Hall–Kier alpha value is -6.04. The van der Waals surface area contributed by atoms with Gasteiger partial charge in [0.15, 0.2) is 0 Å². The van der Waals surface area contributed by atoms with Crippen molar-refractivity contribution in [1.82, 2.24) is 14.5 Å². The molecule has 10 rings (SSSR count). The molecule has 0 radical (unpaired) electrons. The minimum atomic E-state index is -4.57. The Morgan fingerprint density at radius 1 is 0.892 bits per heavy atom. The predicted octanol–water partition coefficient (Wildman–Crippen LogP) is 11.5. The highest BCUT2D eigenvalue weighted by Crippen LogP contribution is 2.53. The molecular formula is C58H68N6O8S2. The quantitative estimate of drug-likeness (QED) is 0.0621. The van der Waals surface area contributed by atoms with Gasteiger partial charge in [0.25, 0.3) is 21.6 Å². The van der Waals surface area contributed by atoms with Crippen LogP contribution in [0.15, 0.2) is 119 Å². The normalized spacial score (nSPS) is 21.6. The third kappa shape index (κ3) is 11.3. The van der Waals surface area contributed by atoms with Crippen molar-refractivity contribution in [2.75, 3.05) is 56.6 Å². The van der Waals surface area contributed by atoms with E-state index in [2.05, 4.69) is 75.0 Å². The number of anilines is 2. The molecule has 4 aliphatic rings. The van der Waals surface area contributed by atoms with Crippen LogP contribution in [-0.2, 0) is 16.6 Å². The van der Waals surface area contributed by atoms with Gasteiger partial charge in [-0.05, 0) is 164 Å². The molecule has 1 aromatic heterocycles. The Balaban J connectivity index is 0.830. The number of nitrogens with zero attached hydrogens (tertiary/aromatic N) is 4. The standard InChI is InChI=1S/C58H68N6O8S2/c1-39(2)48-7-5-6-8-49(48)53-38-61(37-41-9-12-45(71-4)13-10-41)28-29-63(53)44-34-58(35-44)24-26-62(27-25-58)43-11-16-50(54(32-43)72-46-14-18-55-42(31-46)21-30-73-55)56(65)60-74(69,70)47-15-17-51(52(33-47)64(67)68)59-36-40-19-22-57(3,66)23-20-40/h5-18,21,30-33,39-40,44,53,59,66H,19-20,22-29,34-38H2,1-4H3,(H,60,65)/t40-,53?,57-. The number of piperidine rings is 1. The van der Waals surface area contributed by atoms with E-state index in [1.54, 1.807) is 24.5 Å². The number of benzene rings is 5. The van der Waals surface area contributed by atoms with Gasteiger partial charge in [-0.3, -0.25) is 24.7 Å². The van der Waals surface area contributed by atoms with E-state index in [-0.39, 0.29) is 28.3 Å². The number of nitrogens with one attached hydrogen (secondary N) is 2. The van der Waals surface area contributed by atoms with Crippen LogP contribution in [0, 0.1) is 21.4 Å². The van der Waals surface area contributed by atoms with Gasteiger partial charge in [0, 0.05) is 80.4 Å². The second-order valence-electron chi connectivity index (χ2n) is 21.8. The smallest absolute Gasteiger partial charge is 0.293 e. The fourth-order valence-electron chi connectivity index (χ4n) is 12.0. The third-order valence-corrected chi connectivity index (χ3v) is 18.6. The van der Waals surface area contributed by atoms with Crippen LogP contribution in [0.3, 0.4) is 0 Å². The molecule has 2 saturated carbocycles. The van der Waals surface area contributed by atoms with Crippen LogP contribution in [0.1, 0.15) is 111 Å². The first-order valence-corrected chi connectivity index (χ1v) is 28.5. The predicted molar refractivity (Wildman–Crippen MR) is 292 cm³/mol. The second kappa shape index (κ2) is 21.3. The lowest BCUT2D eigenvalue weighted by atomic mass is 9.59. The van der Waals surface area contributed by atoms with E-state index in [4.69, 9.17) is 9.47 Å². The van der Waals surface area contributed by atoms with Crippen molar-refractivity contribution in [3.05, 3.63) is 147 Å². The molecule has 0 bridgehead atoms. The van der Waals surface area contributed by atoms with Gasteiger partial charge in [0.05, 0.1) is 28.1 Å². The van der Waals surface area contributed by atoms with Gasteiger partial charge < -0.3 is 24.8 Å². The zero-order valence-corrected chi connectivity index (χ0v) is 44.4. The molecule has 74 heavy (non-hydrogen) atoms. The largest absolute Gasteiger partial charge is 0.497 e. The molecular weight excluding hydrogens is 973 g/mol. The molecule has 1 atom stereocenters. The molecule has 3 N–H and O–H groups in total. The first-order chi connectivity index (χ1) is 35.5. The molecule has 4 fully saturated rings. The molecule has 390 valence electrons. The third-order valence-electron chi connectivity index (χ3n) is 16.4. The second-order valence-corrected chi connectivity index (χ2v) is 24.4. The number of carbonyl (C=O) groups is 1. The molecule has 5 aromatic carbocycles. The van der Waals surface area contributed by atoms with Crippen LogP contribution in [-0.4, -0.2) is 92.2 Å². The molecule has 3 heterocycles. The highest BCUT2D eigenvalue weighted by molar-refractivity contribution is 7.90. The molecule has 14 nitrogen and oxygen atoms in total. The van der Waals surface area contributed by atoms with Crippen molar-refractivity contribution in [3.8, 4) is 17.2 Å². The Morgan fingerprint density at radius 3 is 2.36 bits per heavy atom. The zero-order chi connectivity index (χ0) is 51.8. The maximum atomic E-state index is 14.1. The van der Waals surface area contributed by atoms with Gasteiger partial charge in [-0.1, -0.05) is 50.2 Å². The number of ether oxygens (including phenoxy) is 2. The number of thiophene rings is 1. The van der Waals surface area contributed by atoms with E-state index < -0.39 is 37.0 Å². The number of hydrogen-bond donors (Lipinski definition) is 3. The fraction of sp³-hybridized carbons (Fsp3) is 0.431. The summed E-state index contributed by atoms with van der Waals surface area (Å²) < 4.78 is 42.9. The number of aliphatic hydroxyl groups is 1. The minimum absolute atomic E-state index is 0.00925. The monoisotopic (exact) mass is 1040 g/mol. The average Bonchev–Trinajstić information content (AvgIpc) is 3.86. The van der Waals surface area contributed by atoms with Crippen LogP contribution in [0.25, 0.3) is 10.1 Å².